The molecule has 1 fully saturated rings. The average Bonchev–Trinajstić information content (AvgIpc) is 2.44. The van der Waals surface area contributed by atoms with Crippen molar-refractivity contribution in [2.75, 3.05) is 13.1 Å². The van der Waals surface area contributed by atoms with E-state index in [2.05, 4.69) is 4.74 Å². The first kappa shape index (κ1) is 16.4. The van der Waals surface area contributed by atoms with E-state index in [1.807, 2.05) is 13.8 Å². The summed E-state index contributed by atoms with van der Waals surface area (Å²) >= 11 is 0. The number of hydrogen-bond donors (Lipinski definition) is 0. The molecule has 0 saturated carbocycles. The van der Waals surface area contributed by atoms with E-state index in [9.17, 15) is 13.6 Å². The monoisotopic (exact) mass is 311 g/mol. The van der Waals surface area contributed by atoms with Crippen molar-refractivity contribution in [3.63, 3.8) is 0 Å². The minimum atomic E-state index is -2.90. The van der Waals surface area contributed by atoms with E-state index in [4.69, 9.17) is 4.74 Å². The van der Waals surface area contributed by atoms with Gasteiger partial charge in [-0.25, -0.2) is 0 Å². The van der Waals surface area contributed by atoms with Crippen molar-refractivity contribution < 1.29 is 23.0 Å². The van der Waals surface area contributed by atoms with E-state index in [1.165, 1.54) is 18.2 Å². The molecule has 0 aromatic heterocycles. The molecule has 0 radical (unpaired) electrons. The number of hydrogen-bond acceptors (Lipinski definition) is 3. The number of benzene rings is 1. The molecule has 2 rings (SSSR count). The van der Waals surface area contributed by atoms with Crippen molar-refractivity contribution in [1.82, 2.24) is 4.90 Å². The summed E-state index contributed by atoms with van der Waals surface area (Å²) in [4.78, 5) is 13.9. The quantitative estimate of drug-likeness (QED) is 0.803. The molecule has 0 bridgehead atoms. The highest BCUT2D eigenvalue weighted by Crippen LogP contribution is 2.21. The lowest BCUT2D eigenvalue weighted by Gasteiger charge is -2.34. The summed E-state index contributed by atoms with van der Waals surface area (Å²) in [5.41, 5.74) is 0.436. The summed E-state index contributed by atoms with van der Waals surface area (Å²) in [6.07, 6.45) is 2.83. The van der Waals surface area contributed by atoms with E-state index in [0.29, 0.717) is 18.7 Å². The van der Waals surface area contributed by atoms with Crippen LogP contribution in [0.2, 0.25) is 0 Å². The van der Waals surface area contributed by atoms with E-state index in [1.54, 1.807) is 23.1 Å². The maximum Gasteiger partial charge on any atom is 0.387 e. The number of ether oxygens (including phenoxy) is 2. The lowest BCUT2D eigenvalue weighted by atomic mass is 10.1. The molecule has 1 heterocycles. The third kappa shape index (κ3) is 4.53. The van der Waals surface area contributed by atoms with Gasteiger partial charge in [0.15, 0.2) is 0 Å². The summed E-state index contributed by atoms with van der Waals surface area (Å²) < 4.78 is 34.7. The molecule has 2 unspecified atom stereocenters. The predicted molar refractivity (Wildman–Crippen MR) is 78.7 cm³/mol. The summed E-state index contributed by atoms with van der Waals surface area (Å²) in [5, 5.41) is 0. The van der Waals surface area contributed by atoms with Crippen molar-refractivity contribution in [1.29, 1.82) is 0 Å². The van der Waals surface area contributed by atoms with Gasteiger partial charge in [-0.2, -0.15) is 8.78 Å². The Morgan fingerprint density at radius 2 is 1.95 bits per heavy atom. The molecular formula is C16H19F2NO3. The largest absolute Gasteiger partial charge is 0.434 e. The fraction of sp³-hybridized carbons (Fsp3) is 0.438. The van der Waals surface area contributed by atoms with E-state index in [0.717, 1.165) is 0 Å². The molecule has 22 heavy (non-hydrogen) atoms. The maximum atomic E-state index is 12.3. The Bertz CT molecular complexity index is 538. The van der Waals surface area contributed by atoms with Gasteiger partial charge in [-0.3, -0.25) is 4.79 Å². The van der Waals surface area contributed by atoms with Crippen molar-refractivity contribution in [3.05, 3.63) is 35.9 Å². The van der Waals surface area contributed by atoms with Gasteiger partial charge in [0.2, 0.25) is 5.91 Å². The van der Waals surface area contributed by atoms with Gasteiger partial charge in [-0.1, -0.05) is 18.2 Å². The summed E-state index contributed by atoms with van der Waals surface area (Å²) in [6.45, 7) is 1.95. The minimum absolute atomic E-state index is 0.0180. The Morgan fingerprint density at radius 1 is 1.32 bits per heavy atom. The molecular weight excluding hydrogens is 292 g/mol. The maximum absolute atomic E-state index is 12.3. The summed E-state index contributed by atoms with van der Waals surface area (Å²) in [7, 11) is 0. The highest BCUT2D eigenvalue weighted by molar-refractivity contribution is 5.92. The van der Waals surface area contributed by atoms with Gasteiger partial charge < -0.3 is 14.4 Å². The van der Waals surface area contributed by atoms with Crippen LogP contribution >= 0.6 is 0 Å². The van der Waals surface area contributed by atoms with Crippen LogP contribution in [0.15, 0.2) is 30.3 Å². The molecule has 1 aromatic carbocycles. The number of amides is 1. The van der Waals surface area contributed by atoms with Crippen LogP contribution in [-0.2, 0) is 9.53 Å². The fourth-order valence-electron chi connectivity index (χ4n) is 2.45. The van der Waals surface area contributed by atoms with Crippen molar-refractivity contribution in [2.45, 2.75) is 32.7 Å². The van der Waals surface area contributed by atoms with Crippen molar-refractivity contribution in [3.8, 4) is 5.75 Å². The van der Waals surface area contributed by atoms with Crippen LogP contribution in [0.25, 0.3) is 6.08 Å². The van der Waals surface area contributed by atoms with Gasteiger partial charge in [0.1, 0.15) is 5.75 Å². The van der Waals surface area contributed by atoms with E-state index >= 15 is 0 Å². The molecule has 1 saturated heterocycles. The SMILES string of the molecule is CC1CN(C(=O)/C=C/c2ccccc2OC(F)F)CC(C)O1. The number of carbonyl (C=O) groups is 1. The number of rotatable bonds is 4. The lowest BCUT2D eigenvalue weighted by molar-refractivity contribution is -0.137. The Morgan fingerprint density at radius 3 is 2.59 bits per heavy atom. The Kier molecular flexibility index (Phi) is 5.49. The number of carbonyl (C=O) groups excluding carboxylic acids is 1. The summed E-state index contributed by atoms with van der Waals surface area (Å²) in [5.74, 6) is -0.126. The fourth-order valence-corrected chi connectivity index (χ4v) is 2.45. The number of morpholine rings is 1. The molecule has 0 spiro atoms. The minimum Gasteiger partial charge on any atom is -0.434 e. The number of alkyl halides is 2. The molecule has 1 aliphatic heterocycles. The second-order valence-electron chi connectivity index (χ2n) is 5.25. The van der Waals surface area contributed by atoms with E-state index < -0.39 is 6.61 Å². The molecule has 0 aliphatic carbocycles. The van der Waals surface area contributed by atoms with E-state index in [-0.39, 0.29) is 23.9 Å². The molecule has 1 aromatic rings. The topological polar surface area (TPSA) is 38.8 Å². The molecule has 1 amide bonds. The Labute approximate surface area is 128 Å². The Balaban J connectivity index is 2.06. The standard InChI is InChI=1S/C16H19F2NO3/c1-11-9-19(10-12(2)21-11)15(20)8-7-13-5-3-4-6-14(13)22-16(17)18/h3-8,11-12,16H,9-10H2,1-2H3/b8-7+. The van der Waals surface area contributed by atoms with Gasteiger partial charge in [-0.15, -0.1) is 0 Å². The smallest absolute Gasteiger partial charge is 0.387 e. The van der Waals surface area contributed by atoms with Crippen molar-refractivity contribution in [2.24, 2.45) is 0 Å². The number of nitrogens with zero attached hydrogens (tertiary/aromatic N) is 1. The van der Waals surface area contributed by atoms with Gasteiger partial charge in [0.25, 0.3) is 0 Å². The normalized spacial score (nSPS) is 22.3. The Hall–Kier alpha value is -1.95. The molecule has 4 nitrogen and oxygen atoms in total. The van der Waals surface area contributed by atoms with Crippen LogP contribution in [0.4, 0.5) is 8.78 Å². The zero-order chi connectivity index (χ0) is 16.1. The molecule has 2 atom stereocenters. The van der Waals surface area contributed by atoms with Crippen LogP contribution in [-0.4, -0.2) is 42.7 Å². The highest BCUT2D eigenvalue weighted by Gasteiger charge is 2.24. The van der Waals surface area contributed by atoms with Crippen LogP contribution < -0.4 is 4.74 Å². The highest BCUT2D eigenvalue weighted by atomic mass is 19.3. The molecule has 6 heteroatoms. The second-order valence-corrected chi connectivity index (χ2v) is 5.25. The predicted octanol–water partition coefficient (Wildman–Crippen LogP) is 2.94. The number of para-hydroxylation sites is 1. The first-order valence-corrected chi connectivity index (χ1v) is 7.12. The second kappa shape index (κ2) is 7.35. The van der Waals surface area contributed by atoms with Gasteiger partial charge in [0, 0.05) is 24.7 Å². The summed E-state index contributed by atoms with van der Waals surface area (Å²) in [6, 6.07) is 6.35. The first-order chi connectivity index (χ1) is 10.5. The van der Waals surface area contributed by atoms with Crippen LogP contribution in [0.5, 0.6) is 5.75 Å². The van der Waals surface area contributed by atoms with Crippen LogP contribution in [0, 0.1) is 0 Å². The molecule has 0 N–H and O–H groups in total. The molecule has 1 aliphatic rings. The first-order valence-electron chi connectivity index (χ1n) is 7.12. The third-order valence-corrected chi connectivity index (χ3v) is 3.27. The molecule has 120 valence electrons. The number of halogens is 2. The van der Waals surface area contributed by atoms with Crippen LogP contribution in [0.3, 0.4) is 0 Å². The third-order valence-electron chi connectivity index (χ3n) is 3.27. The van der Waals surface area contributed by atoms with Gasteiger partial charge >= 0.3 is 6.61 Å². The van der Waals surface area contributed by atoms with Gasteiger partial charge in [0.05, 0.1) is 12.2 Å². The van der Waals surface area contributed by atoms with Gasteiger partial charge in [-0.05, 0) is 26.0 Å². The van der Waals surface area contributed by atoms with Crippen molar-refractivity contribution >= 4 is 12.0 Å². The van der Waals surface area contributed by atoms with Crippen LogP contribution in [0.1, 0.15) is 19.4 Å². The lowest BCUT2D eigenvalue weighted by Crippen LogP contribution is -2.47. The zero-order valence-electron chi connectivity index (χ0n) is 12.5. The average molecular weight is 311 g/mol. The zero-order valence-corrected chi connectivity index (χ0v) is 12.5.